The number of hydrogen-bond donors (Lipinski definition) is 12. The molecule has 4 amide bonds. The molecule has 34 heteroatoms. The topological polar surface area (TPSA) is 462 Å². The number of methoxy groups -OCH3 is 4. The first-order valence-corrected chi connectivity index (χ1v) is 42.0. The summed E-state index contributed by atoms with van der Waals surface area (Å²) >= 11 is 2.66. The average Bonchev–Trinajstić information content (AvgIpc) is 0.775. The maximum atomic E-state index is 13.4. The number of non-ortho nitro benzene ring substituents is 2. The number of amides is 4. The fraction of sp³-hybridized carbons (Fsp3) is 0.124. The Morgan fingerprint density at radius 1 is 0.407 bits per heavy atom. The summed E-state index contributed by atoms with van der Waals surface area (Å²) in [6.45, 7) is 7.08. The minimum atomic E-state index is -4.07. The molecule has 0 bridgehead atoms. The zero-order valence-electron chi connectivity index (χ0n) is 67.0. The quantitative estimate of drug-likeness (QED) is 0.00806. The molecule has 0 heterocycles. The molecule has 0 saturated heterocycles. The van der Waals surface area contributed by atoms with E-state index in [-0.39, 0.29) is 78.5 Å². The van der Waals surface area contributed by atoms with Gasteiger partial charge in [-0.25, -0.2) is 16.8 Å². The summed E-state index contributed by atoms with van der Waals surface area (Å²) in [6.07, 6.45) is 0. The summed E-state index contributed by atoms with van der Waals surface area (Å²) < 4.78 is 74.4. The van der Waals surface area contributed by atoms with Crippen molar-refractivity contribution in [1.82, 2.24) is 0 Å². The smallest absolute Gasteiger partial charge is 0.269 e. The minimum absolute atomic E-state index is 0.00291. The second kappa shape index (κ2) is 44.7. The Morgan fingerprint density at radius 3 is 1.07 bits per heavy atom. The zero-order valence-corrected chi connectivity index (χ0v) is 70.3. The Hall–Kier alpha value is -14.3. The fourth-order valence-corrected chi connectivity index (χ4v) is 16.7. The SMILES string of the molecule is C=C(O)c1ccc(S(=O)(=O)c2cccc(N)c2C(=O)Nc2ccccc2OC)cc1.COc1ccccc1NC(=O)c1c(NCCN)cccc1S(=O)(=O)c1ccc(C)cc1.COc1ccccc1NC(=O)c1c(NCCN)cccc1Sc1ccc([N+](=O)[O-])cc1.COc1ccccc1NC(=O)c1c(NCCO)cccc1Sc1ccc([N+](=O)[O-])cc1. The molecule has 0 spiro atoms. The lowest BCUT2D eigenvalue weighted by molar-refractivity contribution is -0.385. The molecule has 0 saturated carbocycles. The predicted molar refractivity (Wildman–Crippen MR) is 479 cm³/mol. The van der Waals surface area contributed by atoms with Crippen molar-refractivity contribution < 1.29 is 75.0 Å². The molecule has 0 aromatic heterocycles. The number of anilines is 8. The van der Waals surface area contributed by atoms with E-state index in [0.29, 0.717) is 115 Å². The van der Waals surface area contributed by atoms with Crippen LogP contribution < -0.4 is 73.4 Å². The number of nitro groups is 2. The van der Waals surface area contributed by atoms with Crippen LogP contribution in [-0.2, 0) is 19.7 Å². The molecular weight excluding hydrogens is 1650 g/mol. The Balaban J connectivity index is 0.000000186. The van der Waals surface area contributed by atoms with E-state index in [2.05, 4.69) is 43.8 Å². The number of aryl methyl sites for hydroxylation is 1. The van der Waals surface area contributed by atoms with Gasteiger partial charge in [0.15, 0.2) is 0 Å². The van der Waals surface area contributed by atoms with Crippen LogP contribution in [0.1, 0.15) is 52.6 Å². The molecule has 0 fully saturated rings. The second-order valence-corrected chi connectivity index (χ2v) is 32.0. The number of nitrogens with two attached hydrogens (primary N) is 3. The van der Waals surface area contributed by atoms with E-state index < -0.39 is 41.3 Å². The van der Waals surface area contributed by atoms with Gasteiger partial charge in [-0.1, -0.05) is 121 Å². The van der Waals surface area contributed by atoms with Gasteiger partial charge in [0.05, 0.1) is 109 Å². The Bertz CT molecular complexity index is 5820. The number of nitrogen functional groups attached to an aromatic ring is 1. The van der Waals surface area contributed by atoms with Crippen LogP contribution in [0.5, 0.6) is 23.0 Å². The molecule has 15 N–H and O–H groups in total. The number of ether oxygens (including phenoxy) is 4. The van der Waals surface area contributed by atoms with Gasteiger partial charge in [0.2, 0.25) is 19.7 Å². The third-order valence-electron chi connectivity index (χ3n) is 17.8. The first kappa shape index (κ1) is 92.6. The average molecular weight is 1740 g/mol. The first-order valence-electron chi connectivity index (χ1n) is 37.4. The molecule has 12 aromatic rings. The third kappa shape index (κ3) is 24.5. The molecule has 0 aliphatic carbocycles. The van der Waals surface area contributed by atoms with E-state index in [4.69, 9.17) is 36.1 Å². The van der Waals surface area contributed by atoms with Crippen LogP contribution in [0.25, 0.3) is 5.76 Å². The summed E-state index contributed by atoms with van der Waals surface area (Å²) in [7, 11) is -2.00. The summed E-state index contributed by atoms with van der Waals surface area (Å²) in [5.41, 5.74) is 22.7. The number of sulfone groups is 2. The lowest BCUT2D eigenvalue weighted by Gasteiger charge is -2.17. The van der Waals surface area contributed by atoms with E-state index in [1.54, 1.807) is 152 Å². The molecular formula is C89H88N12O18S4. The molecule has 0 aliphatic rings. The van der Waals surface area contributed by atoms with Crippen LogP contribution in [0.3, 0.4) is 0 Å². The van der Waals surface area contributed by atoms with Crippen LogP contribution in [0.2, 0.25) is 0 Å². The van der Waals surface area contributed by atoms with Gasteiger partial charge in [-0.2, -0.15) is 0 Å². The molecule has 0 aliphatic heterocycles. The number of rotatable bonds is 32. The van der Waals surface area contributed by atoms with E-state index in [1.807, 2.05) is 37.3 Å². The van der Waals surface area contributed by atoms with E-state index >= 15 is 0 Å². The van der Waals surface area contributed by atoms with Crippen molar-refractivity contribution in [1.29, 1.82) is 0 Å². The molecule has 123 heavy (non-hydrogen) atoms. The van der Waals surface area contributed by atoms with Gasteiger partial charge in [0.25, 0.3) is 35.0 Å². The van der Waals surface area contributed by atoms with Crippen LogP contribution in [0.4, 0.5) is 56.9 Å². The molecule has 636 valence electrons. The van der Waals surface area contributed by atoms with Crippen molar-refractivity contribution in [2.45, 2.75) is 46.1 Å². The van der Waals surface area contributed by atoms with Gasteiger partial charge in [-0.3, -0.25) is 39.4 Å². The monoisotopic (exact) mass is 1740 g/mol. The van der Waals surface area contributed by atoms with Gasteiger partial charge in [-0.05, 0) is 165 Å². The van der Waals surface area contributed by atoms with Gasteiger partial charge >= 0.3 is 0 Å². The maximum absolute atomic E-state index is 13.4. The summed E-state index contributed by atoms with van der Waals surface area (Å²) in [6, 6.07) is 72.0. The number of nitro benzene ring substituents is 2. The normalized spacial score (nSPS) is 10.7. The number of carbonyl (C=O) groups excluding carboxylic acids is 4. The van der Waals surface area contributed by atoms with Crippen LogP contribution in [0, 0.1) is 27.2 Å². The fourth-order valence-electron chi connectivity index (χ4n) is 11.8. The second-order valence-electron chi connectivity index (χ2n) is 26.0. The van der Waals surface area contributed by atoms with Crippen molar-refractivity contribution in [3.05, 3.63) is 327 Å². The predicted octanol–water partition coefficient (Wildman–Crippen LogP) is 16.1. The number of carbonyl (C=O) groups is 4. The maximum Gasteiger partial charge on any atom is 0.269 e. The van der Waals surface area contributed by atoms with Gasteiger partial charge < -0.3 is 83.6 Å². The standard InChI is InChI=1S/C23H25N3O4S.C22H22N4O4S.C22H21N3O5S.C22H20N2O5S/c1-16-10-12-17(13-11-16)31(28,29)21-9-5-7-19(25-15-14-24)22(21)23(27)26-18-6-3-4-8-20(18)30-2;1-30-19-7-3-2-5-17(19)25-22(27)21-18(24-14-13-23)6-4-8-20(21)31-16-11-9-15(10-12-16)26(28)29;1-30-19-7-3-2-5-17(19)24-22(27)21-18(23-13-14-26)6-4-8-20(21)31-16-11-9-15(10-12-16)25(28)29;1-14(25)15-10-12-16(13-11-15)30(27,28)20-9-5-6-17(23)21(20)22(26)24-18-7-3-4-8-19(18)29-2/h3-13,25H,14-15,24H2,1-2H3,(H,26,27);2-12,24H,13-14,23H2,1H3,(H,25,27);2-12,23,26H,13-14H2,1H3,(H,24,27);3-13,25H,1,23H2,2H3,(H,24,26). The van der Waals surface area contributed by atoms with Gasteiger partial charge in [-0.15, -0.1) is 0 Å². The van der Waals surface area contributed by atoms with Crippen LogP contribution >= 0.6 is 23.5 Å². The third-order valence-corrected chi connectivity index (χ3v) is 23.5. The summed E-state index contributed by atoms with van der Waals surface area (Å²) in [5.74, 6) is -0.139. The molecule has 0 atom stereocenters. The Kier molecular flexibility index (Phi) is 33.6. The zero-order chi connectivity index (χ0) is 88.8. The number of para-hydroxylation sites is 8. The number of aliphatic hydroxyl groups excluding tert-OH is 2. The highest BCUT2D eigenvalue weighted by Crippen LogP contribution is 2.40. The number of aliphatic hydroxyl groups is 2. The van der Waals surface area contributed by atoms with Crippen molar-refractivity contribution >= 4 is 129 Å². The first-order chi connectivity index (χ1) is 59.2. The number of nitrogens with one attached hydrogen (secondary N) is 7. The highest BCUT2D eigenvalue weighted by atomic mass is 32.2. The van der Waals surface area contributed by atoms with E-state index in [0.717, 1.165) is 15.4 Å². The van der Waals surface area contributed by atoms with Crippen LogP contribution in [-0.4, -0.2) is 128 Å². The van der Waals surface area contributed by atoms with Crippen molar-refractivity contribution in [2.75, 3.05) is 111 Å². The Morgan fingerprint density at radius 2 is 0.715 bits per heavy atom. The van der Waals surface area contributed by atoms with E-state index in [1.165, 1.54) is 137 Å². The number of nitrogens with zero attached hydrogens (tertiary/aromatic N) is 2. The highest BCUT2D eigenvalue weighted by Gasteiger charge is 2.31. The van der Waals surface area contributed by atoms with E-state index in [9.17, 15) is 66.5 Å². The summed E-state index contributed by atoms with van der Waals surface area (Å²) in [4.78, 5) is 76.3. The molecule has 12 rings (SSSR count). The largest absolute Gasteiger partial charge is 0.508 e. The molecule has 0 unspecified atom stereocenters. The number of hydrogen-bond acceptors (Lipinski definition) is 26. The van der Waals surface area contributed by atoms with Crippen molar-refractivity contribution in [3.63, 3.8) is 0 Å². The molecule has 30 nitrogen and oxygen atoms in total. The molecule has 0 radical (unpaired) electrons. The minimum Gasteiger partial charge on any atom is -0.508 e. The summed E-state index contributed by atoms with van der Waals surface area (Å²) in [5, 5.41) is 60.9. The Labute approximate surface area is 718 Å². The van der Waals surface area contributed by atoms with Crippen molar-refractivity contribution in [2.24, 2.45) is 11.5 Å². The van der Waals surface area contributed by atoms with Crippen LogP contribution in [0.15, 0.2) is 313 Å². The lowest BCUT2D eigenvalue weighted by atomic mass is 10.1. The van der Waals surface area contributed by atoms with Gasteiger partial charge in [0, 0.05) is 105 Å². The van der Waals surface area contributed by atoms with Gasteiger partial charge in [0.1, 0.15) is 28.8 Å². The number of benzene rings is 12. The molecule has 12 aromatic carbocycles. The lowest BCUT2D eigenvalue weighted by Crippen LogP contribution is -2.21. The van der Waals surface area contributed by atoms with Crippen molar-refractivity contribution in [3.8, 4) is 23.0 Å². The highest BCUT2D eigenvalue weighted by molar-refractivity contribution is 7.99.